The third-order valence-electron chi connectivity index (χ3n) is 6.29. The largest absolute Gasteiger partial charge is 0.356 e. The van der Waals surface area contributed by atoms with E-state index in [1.165, 1.54) is 0 Å². The van der Waals surface area contributed by atoms with Crippen LogP contribution in [0.15, 0.2) is 0 Å². The third kappa shape index (κ3) is 3.35. The van der Waals surface area contributed by atoms with Crippen molar-refractivity contribution in [3.05, 3.63) is 0 Å². The molecule has 0 aromatic carbocycles. The summed E-state index contributed by atoms with van der Waals surface area (Å²) >= 11 is 0. The van der Waals surface area contributed by atoms with Crippen LogP contribution < -0.4 is 0 Å². The van der Waals surface area contributed by atoms with Gasteiger partial charge in [0.15, 0.2) is 12.6 Å². The molecule has 4 heteroatoms. The second-order valence-corrected chi connectivity index (χ2v) is 7.55. The molecule has 0 saturated carbocycles. The average Bonchev–Trinajstić information content (AvgIpc) is 2.49. The summed E-state index contributed by atoms with van der Waals surface area (Å²) in [6, 6.07) is 0. The van der Waals surface area contributed by atoms with Gasteiger partial charge in [-0.1, -0.05) is 34.6 Å². The van der Waals surface area contributed by atoms with Crippen LogP contribution in [-0.2, 0) is 18.9 Å². The van der Waals surface area contributed by atoms with Gasteiger partial charge in [-0.25, -0.2) is 0 Å². The molecule has 2 fully saturated rings. The van der Waals surface area contributed by atoms with Crippen molar-refractivity contribution in [1.29, 1.82) is 0 Å². The van der Waals surface area contributed by atoms with Gasteiger partial charge in [0, 0.05) is 18.9 Å². The van der Waals surface area contributed by atoms with E-state index < -0.39 is 0 Å². The molecule has 0 aromatic heterocycles. The van der Waals surface area contributed by atoms with Crippen molar-refractivity contribution in [2.75, 3.05) is 7.11 Å². The van der Waals surface area contributed by atoms with Crippen LogP contribution in [0.3, 0.4) is 0 Å². The molecule has 2 aliphatic rings. The van der Waals surface area contributed by atoms with Gasteiger partial charge in [0.25, 0.3) is 0 Å². The highest BCUT2D eigenvalue weighted by molar-refractivity contribution is 4.87. The van der Waals surface area contributed by atoms with E-state index in [0.29, 0.717) is 29.6 Å². The molecule has 0 radical (unpaired) electrons. The Morgan fingerprint density at radius 2 is 1.14 bits per heavy atom. The maximum absolute atomic E-state index is 6.42. The molecule has 10 atom stereocenters. The maximum Gasteiger partial charge on any atom is 0.161 e. The van der Waals surface area contributed by atoms with E-state index in [1.807, 2.05) is 0 Å². The number of hydrogen-bond donors (Lipinski definition) is 0. The van der Waals surface area contributed by atoms with Crippen LogP contribution in [-0.4, -0.2) is 38.0 Å². The zero-order chi connectivity index (χ0) is 16.6. The Kier molecular flexibility index (Phi) is 5.92. The van der Waals surface area contributed by atoms with Crippen LogP contribution in [0.1, 0.15) is 48.5 Å². The molecule has 22 heavy (non-hydrogen) atoms. The number of methoxy groups -OCH3 is 1. The van der Waals surface area contributed by atoms with Gasteiger partial charge < -0.3 is 18.9 Å². The fourth-order valence-electron chi connectivity index (χ4n) is 3.82. The van der Waals surface area contributed by atoms with E-state index in [2.05, 4.69) is 48.5 Å². The summed E-state index contributed by atoms with van der Waals surface area (Å²) in [4.78, 5) is 0. The van der Waals surface area contributed by atoms with Crippen molar-refractivity contribution < 1.29 is 18.9 Å². The first-order chi connectivity index (χ1) is 10.3. The molecule has 2 saturated heterocycles. The SMILES string of the molecule is COC1OC(C)C(OC2OC(C)C(C)C(C)C2C)C(C)C1C. The smallest absolute Gasteiger partial charge is 0.161 e. The molecule has 130 valence electrons. The Labute approximate surface area is 135 Å². The summed E-state index contributed by atoms with van der Waals surface area (Å²) in [5.74, 6) is 2.21. The van der Waals surface area contributed by atoms with Gasteiger partial charge in [0.2, 0.25) is 0 Å². The van der Waals surface area contributed by atoms with Crippen LogP contribution in [0.4, 0.5) is 0 Å². The number of rotatable bonds is 3. The fourth-order valence-corrected chi connectivity index (χ4v) is 3.82. The van der Waals surface area contributed by atoms with E-state index in [1.54, 1.807) is 7.11 Å². The molecule has 0 aromatic rings. The molecule has 2 rings (SSSR count). The quantitative estimate of drug-likeness (QED) is 0.796. The molecule has 0 spiro atoms. The zero-order valence-electron chi connectivity index (χ0n) is 15.4. The highest BCUT2D eigenvalue weighted by Crippen LogP contribution is 2.39. The lowest BCUT2D eigenvalue weighted by atomic mass is 9.79. The molecule has 0 amide bonds. The van der Waals surface area contributed by atoms with Gasteiger partial charge in [-0.05, 0) is 31.6 Å². The van der Waals surface area contributed by atoms with E-state index >= 15 is 0 Å². The van der Waals surface area contributed by atoms with Gasteiger partial charge >= 0.3 is 0 Å². The van der Waals surface area contributed by atoms with E-state index in [9.17, 15) is 0 Å². The minimum absolute atomic E-state index is 0.0110. The maximum atomic E-state index is 6.42. The lowest BCUT2D eigenvalue weighted by Gasteiger charge is -2.48. The summed E-state index contributed by atoms with van der Waals surface area (Å²) in [5.41, 5.74) is 0. The van der Waals surface area contributed by atoms with Crippen molar-refractivity contribution >= 4 is 0 Å². The van der Waals surface area contributed by atoms with Gasteiger partial charge in [-0.15, -0.1) is 0 Å². The Morgan fingerprint density at radius 3 is 1.73 bits per heavy atom. The van der Waals surface area contributed by atoms with Gasteiger partial charge in [-0.2, -0.15) is 0 Å². The normalized spacial score (nSPS) is 53.5. The highest BCUT2D eigenvalue weighted by Gasteiger charge is 2.44. The lowest BCUT2D eigenvalue weighted by Crippen LogP contribution is -2.54. The van der Waals surface area contributed by atoms with Gasteiger partial charge in [0.05, 0.1) is 18.3 Å². The number of ether oxygens (including phenoxy) is 4. The number of hydrogen-bond acceptors (Lipinski definition) is 4. The molecule has 0 N–H and O–H groups in total. The summed E-state index contributed by atoms with van der Waals surface area (Å²) in [6.45, 7) is 15.4. The van der Waals surface area contributed by atoms with Crippen LogP contribution >= 0.6 is 0 Å². The molecule has 2 heterocycles. The standard InChI is InChI=1S/C18H34O4/c1-9-10(2)14(6)20-18(12(9)4)22-16-11(3)13(5)17(19-8)21-15(16)7/h9-18H,1-8H3. The van der Waals surface area contributed by atoms with Crippen molar-refractivity contribution in [2.24, 2.45) is 29.6 Å². The molecule has 2 aliphatic heterocycles. The van der Waals surface area contributed by atoms with Crippen molar-refractivity contribution in [2.45, 2.75) is 79.4 Å². The van der Waals surface area contributed by atoms with E-state index in [4.69, 9.17) is 18.9 Å². The van der Waals surface area contributed by atoms with Crippen LogP contribution in [0.5, 0.6) is 0 Å². The van der Waals surface area contributed by atoms with Crippen molar-refractivity contribution in [3.8, 4) is 0 Å². The molecule has 0 aliphatic carbocycles. The fraction of sp³-hybridized carbons (Fsp3) is 1.00. The second kappa shape index (κ2) is 7.16. The molecule has 4 nitrogen and oxygen atoms in total. The summed E-state index contributed by atoms with van der Waals surface area (Å²) < 4.78 is 24.0. The predicted octanol–water partition coefficient (Wildman–Crippen LogP) is 3.69. The Bertz CT molecular complexity index is 361. The minimum atomic E-state index is -0.147. The molecule has 10 unspecified atom stereocenters. The average molecular weight is 314 g/mol. The summed E-state index contributed by atoms with van der Waals surface area (Å²) in [6.07, 6.45) is -0.00699. The third-order valence-corrected chi connectivity index (χ3v) is 6.29. The minimum Gasteiger partial charge on any atom is -0.356 e. The summed E-state index contributed by atoms with van der Waals surface area (Å²) in [7, 11) is 1.71. The summed E-state index contributed by atoms with van der Waals surface area (Å²) in [5, 5.41) is 0. The van der Waals surface area contributed by atoms with Crippen LogP contribution in [0.2, 0.25) is 0 Å². The monoisotopic (exact) mass is 314 g/mol. The Balaban J connectivity index is 2.06. The first-order valence-electron chi connectivity index (χ1n) is 8.77. The van der Waals surface area contributed by atoms with Crippen molar-refractivity contribution in [1.82, 2.24) is 0 Å². The van der Waals surface area contributed by atoms with Crippen molar-refractivity contribution in [3.63, 3.8) is 0 Å². The zero-order valence-corrected chi connectivity index (χ0v) is 15.4. The first-order valence-corrected chi connectivity index (χ1v) is 8.77. The van der Waals surface area contributed by atoms with Gasteiger partial charge in [-0.3, -0.25) is 0 Å². The predicted molar refractivity (Wildman–Crippen MR) is 86.4 cm³/mol. The molecule has 0 bridgehead atoms. The highest BCUT2D eigenvalue weighted by atomic mass is 16.7. The Morgan fingerprint density at radius 1 is 0.591 bits per heavy atom. The molecular formula is C18H34O4. The second-order valence-electron chi connectivity index (χ2n) is 7.55. The van der Waals surface area contributed by atoms with E-state index in [-0.39, 0.29) is 30.9 Å². The van der Waals surface area contributed by atoms with Gasteiger partial charge in [0.1, 0.15) is 0 Å². The first kappa shape index (κ1) is 18.2. The topological polar surface area (TPSA) is 36.9 Å². The molecular weight excluding hydrogens is 280 g/mol. The van der Waals surface area contributed by atoms with E-state index in [0.717, 1.165) is 0 Å². The van der Waals surface area contributed by atoms with Crippen LogP contribution in [0, 0.1) is 29.6 Å². The Hall–Kier alpha value is -0.160. The van der Waals surface area contributed by atoms with Crippen LogP contribution in [0.25, 0.3) is 0 Å². The lowest BCUT2D eigenvalue weighted by molar-refractivity contribution is -0.316.